The Bertz CT molecular complexity index is 957. The van der Waals surface area contributed by atoms with Crippen LogP contribution in [0.5, 0.6) is 0 Å². The molecule has 3 rings (SSSR count). The van der Waals surface area contributed by atoms with E-state index in [2.05, 4.69) is 32.9 Å². The highest BCUT2D eigenvalue weighted by molar-refractivity contribution is 5.77. The summed E-state index contributed by atoms with van der Waals surface area (Å²) in [7, 11) is 0. The largest absolute Gasteiger partial charge is 0.422 e. The van der Waals surface area contributed by atoms with E-state index in [1.165, 1.54) is 10.1 Å². The van der Waals surface area contributed by atoms with E-state index >= 15 is 0 Å². The molecule has 23 heavy (non-hydrogen) atoms. The Kier molecular flexibility index (Phi) is 3.68. The second-order valence-corrected chi connectivity index (χ2v) is 6.71. The van der Waals surface area contributed by atoms with Crippen molar-refractivity contribution < 1.29 is 4.42 Å². The molecule has 1 heterocycles. The van der Waals surface area contributed by atoms with Gasteiger partial charge in [0, 0.05) is 0 Å². The maximum Gasteiger partial charge on any atom is 0.422 e. The summed E-state index contributed by atoms with van der Waals surface area (Å²) in [5.74, 6) is -0.631. The fourth-order valence-corrected chi connectivity index (χ4v) is 2.61. The molecule has 0 N–H and O–H groups in total. The van der Waals surface area contributed by atoms with Crippen LogP contribution in [0.3, 0.4) is 0 Å². The Morgan fingerprint density at radius 1 is 0.957 bits per heavy atom. The van der Waals surface area contributed by atoms with Crippen LogP contribution in [0.15, 0.2) is 62.5 Å². The quantitative estimate of drug-likeness (QED) is 0.730. The molecule has 0 amide bonds. The monoisotopic (exact) mass is 309 g/mol. The lowest BCUT2D eigenvalue weighted by Gasteiger charge is -2.19. The van der Waals surface area contributed by atoms with Gasteiger partial charge in [-0.15, -0.1) is 0 Å². The number of benzene rings is 2. The molecule has 0 radical (unpaired) electrons. The average molecular weight is 309 g/mol. The van der Waals surface area contributed by atoms with E-state index in [1.54, 1.807) is 24.3 Å². The zero-order chi connectivity index (χ0) is 16.6. The molecule has 2 aromatic carbocycles. The number of para-hydroxylation sites is 1. The van der Waals surface area contributed by atoms with E-state index < -0.39 is 11.4 Å². The number of nitrogens with zero attached hydrogens (tertiary/aromatic N) is 1. The van der Waals surface area contributed by atoms with Crippen molar-refractivity contribution in [3.8, 4) is 0 Å². The molecular formula is C19H19NO3. The molecule has 4 heteroatoms. The summed E-state index contributed by atoms with van der Waals surface area (Å²) in [6.07, 6.45) is 0. The van der Waals surface area contributed by atoms with Gasteiger partial charge in [0.1, 0.15) is 0 Å². The van der Waals surface area contributed by atoms with Crippen molar-refractivity contribution >= 4 is 10.9 Å². The molecule has 0 saturated heterocycles. The molecule has 0 saturated carbocycles. The summed E-state index contributed by atoms with van der Waals surface area (Å²) in [4.78, 5) is 23.9. The van der Waals surface area contributed by atoms with Gasteiger partial charge in [0.15, 0.2) is 0 Å². The minimum Gasteiger partial charge on any atom is -0.372 e. The lowest BCUT2D eigenvalue weighted by Crippen LogP contribution is -2.25. The van der Waals surface area contributed by atoms with E-state index in [4.69, 9.17) is 4.42 Å². The second-order valence-electron chi connectivity index (χ2n) is 6.71. The normalized spacial score (nSPS) is 11.8. The van der Waals surface area contributed by atoms with Crippen LogP contribution in [0.1, 0.15) is 31.9 Å². The van der Waals surface area contributed by atoms with Crippen molar-refractivity contribution in [3.05, 3.63) is 80.6 Å². The molecule has 0 aliphatic heterocycles. The van der Waals surface area contributed by atoms with Crippen LogP contribution >= 0.6 is 0 Å². The van der Waals surface area contributed by atoms with Crippen molar-refractivity contribution in [2.75, 3.05) is 0 Å². The van der Waals surface area contributed by atoms with E-state index in [0.717, 1.165) is 5.56 Å². The Morgan fingerprint density at radius 3 is 2.26 bits per heavy atom. The number of aromatic nitrogens is 1. The third-order valence-corrected chi connectivity index (χ3v) is 3.98. The first-order valence-electron chi connectivity index (χ1n) is 7.58. The minimum absolute atomic E-state index is 0.0849. The van der Waals surface area contributed by atoms with Crippen molar-refractivity contribution in [1.82, 2.24) is 4.57 Å². The lowest BCUT2D eigenvalue weighted by atomic mass is 9.87. The molecule has 0 bridgehead atoms. The Morgan fingerprint density at radius 2 is 1.61 bits per heavy atom. The van der Waals surface area contributed by atoms with Crippen LogP contribution in [0.4, 0.5) is 0 Å². The Balaban J connectivity index is 2.06. The highest BCUT2D eigenvalue weighted by Crippen LogP contribution is 2.22. The minimum atomic E-state index is -0.631. The highest BCUT2D eigenvalue weighted by Gasteiger charge is 2.14. The standard InChI is InChI=1S/C19H19NO3/c1-19(2,3)14-10-8-13(9-11-14)12-20-16-7-5-4-6-15(16)17(21)23-18(20)22/h4-11H,12H2,1-3H3. The molecule has 0 aliphatic rings. The first kappa shape index (κ1) is 15.3. The van der Waals surface area contributed by atoms with Gasteiger partial charge in [-0.1, -0.05) is 57.2 Å². The van der Waals surface area contributed by atoms with Gasteiger partial charge in [-0.05, 0) is 28.7 Å². The number of hydrogen-bond acceptors (Lipinski definition) is 3. The van der Waals surface area contributed by atoms with Crippen molar-refractivity contribution in [3.63, 3.8) is 0 Å². The molecule has 0 atom stereocenters. The van der Waals surface area contributed by atoms with Gasteiger partial charge in [-0.3, -0.25) is 4.57 Å². The maximum absolute atomic E-state index is 12.1. The molecule has 4 nitrogen and oxygen atoms in total. The molecule has 0 spiro atoms. The molecule has 0 aliphatic carbocycles. The van der Waals surface area contributed by atoms with E-state index in [1.807, 2.05) is 12.1 Å². The van der Waals surface area contributed by atoms with Crippen LogP contribution in [-0.4, -0.2) is 4.57 Å². The predicted molar refractivity (Wildman–Crippen MR) is 91.0 cm³/mol. The SMILES string of the molecule is CC(C)(C)c1ccc(Cn2c(=O)oc(=O)c3ccccc32)cc1. The fourth-order valence-electron chi connectivity index (χ4n) is 2.61. The van der Waals surface area contributed by atoms with Crippen LogP contribution in [-0.2, 0) is 12.0 Å². The summed E-state index contributed by atoms with van der Waals surface area (Å²) in [6, 6.07) is 15.1. The van der Waals surface area contributed by atoms with Crippen LogP contribution in [0.2, 0.25) is 0 Å². The fraction of sp³-hybridized carbons (Fsp3) is 0.263. The zero-order valence-electron chi connectivity index (χ0n) is 13.5. The smallest absolute Gasteiger partial charge is 0.372 e. The second kappa shape index (κ2) is 5.54. The third kappa shape index (κ3) is 2.97. The van der Waals surface area contributed by atoms with Crippen LogP contribution in [0, 0.1) is 0 Å². The molecule has 3 aromatic rings. The van der Waals surface area contributed by atoms with Crippen LogP contribution in [0.25, 0.3) is 10.9 Å². The van der Waals surface area contributed by atoms with Gasteiger partial charge >= 0.3 is 11.4 Å². The molecular weight excluding hydrogens is 290 g/mol. The molecule has 118 valence electrons. The number of fused-ring (bicyclic) bond motifs is 1. The topological polar surface area (TPSA) is 52.2 Å². The zero-order valence-corrected chi connectivity index (χ0v) is 13.5. The van der Waals surface area contributed by atoms with Gasteiger partial charge in [0.25, 0.3) is 0 Å². The van der Waals surface area contributed by atoms with Crippen molar-refractivity contribution in [2.24, 2.45) is 0 Å². The lowest BCUT2D eigenvalue weighted by molar-refractivity contribution is 0.425. The van der Waals surface area contributed by atoms with Gasteiger partial charge < -0.3 is 4.42 Å². The third-order valence-electron chi connectivity index (χ3n) is 3.98. The molecule has 0 unspecified atom stereocenters. The van der Waals surface area contributed by atoms with Crippen molar-refractivity contribution in [1.29, 1.82) is 0 Å². The summed E-state index contributed by atoms with van der Waals surface area (Å²) < 4.78 is 6.31. The van der Waals surface area contributed by atoms with Gasteiger partial charge in [-0.25, -0.2) is 9.59 Å². The van der Waals surface area contributed by atoms with Crippen LogP contribution < -0.4 is 11.4 Å². The van der Waals surface area contributed by atoms with E-state index in [0.29, 0.717) is 17.4 Å². The van der Waals surface area contributed by atoms with E-state index in [-0.39, 0.29) is 5.41 Å². The van der Waals surface area contributed by atoms with Gasteiger partial charge in [0.2, 0.25) is 0 Å². The summed E-state index contributed by atoms with van der Waals surface area (Å²) in [5, 5.41) is 0.415. The van der Waals surface area contributed by atoms with Gasteiger partial charge in [0.05, 0.1) is 17.4 Å². The Labute approximate surface area is 134 Å². The Hall–Kier alpha value is -2.62. The molecule has 1 aromatic heterocycles. The first-order chi connectivity index (χ1) is 10.9. The van der Waals surface area contributed by atoms with Crippen molar-refractivity contribution in [2.45, 2.75) is 32.7 Å². The number of hydrogen-bond donors (Lipinski definition) is 0. The first-order valence-corrected chi connectivity index (χ1v) is 7.58. The summed E-state index contributed by atoms with van der Waals surface area (Å²) in [5.41, 5.74) is 2.30. The van der Waals surface area contributed by atoms with Gasteiger partial charge in [-0.2, -0.15) is 0 Å². The van der Waals surface area contributed by atoms with E-state index in [9.17, 15) is 9.59 Å². The molecule has 0 fully saturated rings. The number of rotatable bonds is 2. The predicted octanol–water partition coefficient (Wildman–Crippen LogP) is 3.30. The average Bonchev–Trinajstić information content (AvgIpc) is 2.51. The summed E-state index contributed by atoms with van der Waals surface area (Å²) in [6.45, 7) is 6.84. The highest BCUT2D eigenvalue weighted by atomic mass is 16.4. The summed E-state index contributed by atoms with van der Waals surface area (Å²) >= 11 is 0. The maximum atomic E-state index is 12.1.